The van der Waals surface area contributed by atoms with Crippen LogP contribution in [0.1, 0.15) is 18.4 Å². The summed E-state index contributed by atoms with van der Waals surface area (Å²) in [4.78, 5) is 25.1. The molecule has 3 rings (SSSR count). The lowest BCUT2D eigenvalue weighted by molar-refractivity contribution is -0.128. The fourth-order valence-corrected chi connectivity index (χ4v) is 4.79. The van der Waals surface area contributed by atoms with Crippen LogP contribution in [0.3, 0.4) is 0 Å². The van der Waals surface area contributed by atoms with E-state index in [0.717, 1.165) is 5.56 Å². The van der Waals surface area contributed by atoms with Gasteiger partial charge in [-0.3, -0.25) is 9.59 Å². The summed E-state index contributed by atoms with van der Waals surface area (Å²) in [6.45, 7) is 1.83. The number of benzene rings is 2. The van der Waals surface area contributed by atoms with E-state index < -0.39 is 27.9 Å². The number of methoxy groups -OCH3 is 1. The number of rotatable bonds is 5. The van der Waals surface area contributed by atoms with Crippen LogP contribution in [0.4, 0.5) is 5.69 Å². The molecule has 2 amide bonds. The summed E-state index contributed by atoms with van der Waals surface area (Å²) < 4.78 is 31.8. The molecule has 1 fully saturated rings. The van der Waals surface area contributed by atoms with Crippen molar-refractivity contribution in [3.8, 4) is 5.75 Å². The molecule has 9 heteroatoms. The second kappa shape index (κ2) is 7.81. The van der Waals surface area contributed by atoms with E-state index in [9.17, 15) is 18.0 Å². The van der Waals surface area contributed by atoms with Crippen LogP contribution in [-0.4, -0.2) is 37.7 Å². The highest BCUT2D eigenvalue weighted by Crippen LogP contribution is 2.31. The van der Waals surface area contributed by atoms with E-state index in [1.807, 2.05) is 6.92 Å². The second-order valence-corrected chi connectivity index (χ2v) is 8.65. The van der Waals surface area contributed by atoms with Crippen molar-refractivity contribution in [2.75, 3.05) is 12.4 Å². The zero-order chi connectivity index (χ0) is 20.5. The summed E-state index contributed by atoms with van der Waals surface area (Å²) in [6, 6.07) is 9.65. The quantitative estimate of drug-likeness (QED) is 0.799. The molecule has 0 bridgehead atoms. The summed E-state index contributed by atoms with van der Waals surface area (Å²) in [5.74, 6) is -0.865. The van der Waals surface area contributed by atoms with Gasteiger partial charge in [-0.1, -0.05) is 29.3 Å². The standard InChI is InChI=1S/C19H19ClN2O5S/c1-12-3-6-14(7-4-12)28(25,26)22-16(8-10-18(22)23)19(24)21-15-11-13(20)5-9-17(15)27-2/h3-7,9,11,16H,8,10H2,1-2H3,(H,21,24)/t16-/m1/s1. The van der Waals surface area contributed by atoms with Crippen LogP contribution in [0.25, 0.3) is 0 Å². The molecule has 148 valence electrons. The normalized spacial score (nSPS) is 16.9. The smallest absolute Gasteiger partial charge is 0.267 e. The maximum Gasteiger partial charge on any atom is 0.267 e. The summed E-state index contributed by atoms with van der Waals surface area (Å²) >= 11 is 5.97. The molecular weight excluding hydrogens is 404 g/mol. The van der Waals surface area contributed by atoms with Crippen LogP contribution in [0.15, 0.2) is 47.4 Å². The number of amides is 2. The Morgan fingerprint density at radius 3 is 2.54 bits per heavy atom. The number of halogens is 1. The van der Waals surface area contributed by atoms with Gasteiger partial charge in [0, 0.05) is 11.4 Å². The Balaban J connectivity index is 1.91. The maximum atomic E-state index is 13.0. The van der Waals surface area contributed by atoms with Crippen molar-refractivity contribution < 1.29 is 22.7 Å². The van der Waals surface area contributed by atoms with E-state index in [4.69, 9.17) is 16.3 Å². The molecule has 0 saturated carbocycles. The summed E-state index contributed by atoms with van der Waals surface area (Å²) in [6.07, 6.45) is 0.0640. The molecule has 0 radical (unpaired) electrons. The van der Waals surface area contributed by atoms with Crippen molar-refractivity contribution >= 4 is 39.1 Å². The third kappa shape index (κ3) is 3.83. The zero-order valence-electron chi connectivity index (χ0n) is 15.3. The number of ether oxygens (including phenoxy) is 1. The van der Waals surface area contributed by atoms with Crippen LogP contribution < -0.4 is 10.1 Å². The highest BCUT2D eigenvalue weighted by atomic mass is 35.5. The lowest BCUT2D eigenvalue weighted by Gasteiger charge is -2.24. The van der Waals surface area contributed by atoms with E-state index in [1.165, 1.54) is 25.3 Å². The first kappa shape index (κ1) is 20.2. The van der Waals surface area contributed by atoms with Crippen molar-refractivity contribution in [3.63, 3.8) is 0 Å². The summed E-state index contributed by atoms with van der Waals surface area (Å²) in [5.41, 5.74) is 1.18. The highest BCUT2D eigenvalue weighted by molar-refractivity contribution is 7.89. The zero-order valence-corrected chi connectivity index (χ0v) is 16.9. The average Bonchev–Trinajstić information content (AvgIpc) is 3.05. The second-order valence-electron chi connectivity index (χ2n) is 6.40. The Hall–Kier alpha value is -2.58. The summed E-state index contributed by atoms with van der Waals surface area (Å²) in [5, 5.41) is 3.00. The van der Waals surface area contributed by atoms with E-state index in [1.54, 1.807) is 24.3 Å². The Morgan fingerprint density at radius 2 is 1.89 bits per heavy atom. The number of hydrogen-bond donors (Lipinski definition) is 1. The number of aryl methyl sites for hydroxylation is 1. The molecular formula is C19H19ClN2O5S. The van der Waals surface area contributed by atoms with Crippen molar-refractivity contribution in [2.24, 2.45) is 0 Å². The minimum absolute atomic E-state index is 0.0319. The first-order chi connectivity index (χ1) is 13.2. The fraction of sp³-hybridized carbons (Fsp3) is 0.263. The first-order valence-electron chi connectivity index (χ1n) is 8.52. The van der Waals surface area contributed by atoms with Crippen LogP contribution in [0, 0.1) is 6.92 Å². The van der Waals surface area contributed by atoms with Crippen LogP contribution in [0.5, 0.6) is 5.75 Å². The van der Waals surface area contributed by atoms with Crippen molar-refractivity contribution in [1.29, 1.82) is 0 Å². The molecule has 0 spiro atoms. The number of hydrogen-bond acceptors (Lipinski definition) is 5. The van der Waals surface area contributed by atoms with Gasteiger partial charge in [0.1, 0.15) is 11.8 Å². The number of carbonyl (C=O) groups is 2. The topological polar surface area (TPSA) is 92.8 Å². The number of carbonyl (C=O) groups excluding carboxylic acids is 2. The molecule has 2 aromatic rings. The third-order valence-corrected chi connectivity index (χ3v) is 6.54. The maximum absolute atomic E-state index is 13.0. The van der Waals surface area contributed by atoms with Gasteiger partial charge in [0.15, 0.2) is 0 Å². The van der Waals surface area contributed by atoms with Crippen LogP contribution in [-0.2, 0) is 19.6 Å². The minimum atomic E-state index is -4.15. The average molecular weight is 423 g/mol. The lowest BCUT2D eigenvalue weighted by Crippen LogP contribution is -2.45. The molecule has 0 aliphatic carbocycles. The Labute approximate surface area is 168 Å². The van der Waals surface area contributed by atoms with Gasteiger partial charge in [-0.15, -0.1) is 0 Å². The van der Waals surface area contributed by atoms with E-state index in [0.29, 0.717) is 20.8 Å². The Bertz CT molecular complexity index is 1020. The third-order valence-electron chi connectivity index (χ3n) is 4.46. The van der Waals surface area contributed by atoms with Gasteiger partial charge in [0.25, 0.3) is 10.0 Å². The van der Waals surface area contributed by atoms with Gasteiger partial charge in [0.05, 0.1) is 17.7 Å². The van der Waals surface area contributed by atoms with Crippen LogP contribution in [0.2, 0.25) is 5.02 Å². The molecule has 7 nitrogen and oxygen atoms in total. The minimum Gasteiger partial charge on any atom is -0.495 e. The van der Waals surface area contributed by atoms with Crippen molar-refractivity contribution in [1.82, 2.24) is 4.31 Å². The monoisotopic (exact) mass is 422 g/mol. The largest absolute Gasteiger partial charge is 0.495 e. The molecule has 0 aromatic heterocycles. The van der Waals surface area contributed by atoms with Gasteiger partial charge in [-0.2, -0.15) is 0 Å². The molecule has 1 aliphatic rings. The molecule has 0 unspecified atom stereocenters. The van der Waals surface area contributed by atoms with Gasteiger partial charge in [-0.05, 0) is 43.7 Å². The van der Waals surface area contributed by atoms with Crippen molar-refractivity contribution in [2.45, 2.75) is 30.7 Å². The van der Waals surface area contributed by atoms with Crippen LogP contribution >= 0.6 is 11.6 Å². The molecule has 1 heterocycles. The molecule has 1 atom stereocenters. The highest BCUT2D eigenvalue weighted by Gasteiger charge is 2.44. The number of sulfonamides is 1. The van der Waals surface area contributed by atoms with Gasteiger partial charge >= 0.3 is 0 Å². The molecule has 28 heavy (non-hydrogen) atoms. The fourth-order valence-electron chi connectivity index (χ4n) is 3.02. The van der Waals surface area contributed by atoms with Gasteiger partial charge in [-0.25, -0.2) is 12.7 Å². The van der Waals surface area contributed by atoms with E-state index >= 15 is 0 Å². The lowest BCUT2D eigenvalue weighted by atomic mass is 10.2. The molecule has 2 aromatic carbocycles. The molecule has 1 aliphatic heterocycles. The predicted octanol–water partition coefficient (Wildman–Crippen LogP) is 2.98. The summed E-state index contributed by atoms with van der Waals surface area (Å²) in [7, 11) is -2.71. The van der Waals surface area contributed by atoms with E-state index in [-0.39, 0.29) is 17.7 Å². The number of nitrogens with one attached hydrogen (secondary N) is 1. The van der Waals surface area contributed by atoms with Gasteiger partial charge in [0.2, 0.25) is 11.8 Å². The number of anilines is 1. The Kier molecular flexibility index (Phi) is 5.62. The molecule has 1 N–H and O–H groups in total. The van der Waals surface area contributed by atoms with Gasteiger partial charge < -0.3 is 10.1 Å². The first-order valence-corrected chi connectivity index (χ1v) is 10.3. The number of nitrogens with zero attached hydrogens (tertiary/aromatic N) is 1. The van der Waals surface area contributed by atoms with Crippen molar-refractivity contribution in [3.05, 3.63) is 53.1 Å². The van der Waals surface area contributed by atoms with E-state index in [2.05, 4.69) is 5.32 Å². The molecule has 1 saturated heterocycles. The Morgan fingerprint density at radius 1 is 1.21 bits per heavy atom. The SMILES string of the molecule is COc1ccc(Cl)cc1NC(=O)[C@H]1CCC(=O)N1S(=O)(=O)c1ccc(C)cc1. The predicted molar refractivity (Wildman–Crippen MR) is 105 cm³/mol.